The predicted molar refractivity (Wildman–Crippen MR) is 75.2 cm³/mol. The van der Waals surface area contributed by atoms with Crippen molar-refractivity contribution >= 4 is 11.8 Å². The van der Waals surface area contributed by atoms with Crippen LogP contribution in [0.15, 0.2) is 6.20 Å². The van der Waals surface area contributed by atoms with E-state index in [4.69, 9.17) is 0 Å². The van der Waals surface area contributed by atoms with E-state index in [9.17, 15) is 20.0 Å². The van der Waals surface area contributed by atoms with Crippen LogP contribution >= 0.6 is 0 Å². The average molecular weight is 296 g/mol. The molecule has 0 aromatic carbocycles. The van der Waals surface area contributed by atoms with Crippen LogP contribution in [-0.2, 0) is 0 Å². The topological polar surface area (TPSA) is 102 Å². The van der Waals surface area contributed by atoms with Crippen molar-refractivity contribution in [3.05, 3.63) is 22.0 Å². The summed E-state index contributed by atoms with van der Waals surface area (Å²) in [6.07, 6.45) is 0.872. The van der Waals surface area contributed by atoms with E-state index in [0.717, 1.165) is 0 Å². The molecule has 1 aliphatic rings. The third-order valence-corrected chi connectivity index (χ3v) is 4.09. The minimum absolute atomic E-state index is 0.0314. The number of carboxylic acid groups (broad SMARTS) is 1. The van der Waals surface area contributed by atoms with Gasteiger partial charge in [-0.15, -0.1) is 0 Å². The predicted octanol–water partition coefficient (Wildman–Crippen LogP) is 2.44. The zero-order valence-electron chi connectivity index (χ0n) is 12.6. The molecule has 1 fully saturated rings. The molecule has 2 rings (SSSR count). The van der Waals surface area contributed by atoms with Gasteiger partial charge in [-0.25, -0.2) is 4.79 Å². The van der Waals surface area contributed by atoms with Gasteiger partial charge in [0.25, 0.3) is 0 Å². The highest BCUT2D eigenvalue weighted by Crippen LogP contribution is 2.38. The van der Waals surface area contributed by atoms with Crippen LogP contribution in [0.1, 0.15) is 38.9 Å². The number of aromatic nitrogens is 2. The van der Waals surface area contributed by atoms with E-state index in [-0.39, 0.29) is 23.2 Å². The molecule has 0 spiro atoms. The second-order valence-corrected chi connectivity index (χ2v) is 6.52. The highest BCUT2D eigenvalue weighted by atomic mass is 16.6. The molecular formula is C13H20N4O4. The highest BCUT2D eigenvalue weighted by Gasteiger charge is 2.43. The Morgan fingerprint density at radius 1 is 1.52 bits per heavy atom. The van der Waals surface area contributed by atoms with E-state index in [1.807, 2.05) is 20.8 Å². The molecule has 2 unspecified atom stereocenters. The van der Waals surface area contributed by atoms with Crippen molar-refractivity contribution in [2.24, 2.45) is 5.41 Å². The zero-order valence-corrected chi connectivity index (χ0v) is 12.6. The van der Waals surface area contributed by atoms with Gasteiger partial charge < -0.3 is 10.0 Å². The average Bonchev–Trinajstić information content (AvgIpc) is 2.91. The van der Waals surface area contributed by atoms with Gasteiger partial charge >= 0.3 is 11.8 Å². The van der Waals surface area contributed by atoms with E-state index < -0.39 is 11.0 Å². The van der Waals surface area contributed by atoms with E-state index >= 15 is 0 Å². The second kappa shape index (κ2) is 5.01. The Balaban J connectivity index is 2.31. The molecule has 2 atom stereocenters. The fourth-order valence-corrected chi connectivity index (χ4v) is 2.99. The summed E-state index contributed by atoms with van der Waals surface area (Å²) in [6, 6.07) is -0.304. The van der Waals surface area contributed by atoms with Crippen LogP contribution in [0.4, 0.5) is 10.5 Å². The number of hydrogen-bond acceptors (Lipinski definition) is 4. The van der Waals surface area contributed by atoms with Gasteiger partial charge in [-0.1, -0.05) is 20.8 Å². The fraction of sp³-hybridized carbons (Fsp3) is 0.692. The first-order chi connectivity index (χ1) is 9.62. The number of amides is 1. The maximum atomic E-state index is 11.4. The van der Waals surface area contributed by atoms with Crippen molar-refractivity contribution in [3.8, 4) is 0 Å². The first-order valence-corrected chi connectivity index (χ1v) is 6.81. The van der Waals surface area contributed by atoms with Crippen molar-refractivity contribution in [1.29, 1.82) is 0 Å². The van der Waals surface area contributed by atoms with Gasteiger partial charge in [0.1, 0.15) is 11.9 Å². The summed E-state index contributed by atoms with van der Waals surface area (Å²) < 4.78 is 1.58. The van der Waals surface area contributed by atoms with Crippen LogP contribution in [0, 0.1) is 22.5 Å². The first-order valence-electron chi connectivity index (χ1n) is 6.81. The fourth-order valence-electron chi connectivity index (χ4n) is 2.99. The quantitative estimate of drug-likeness (QED) is 0.667. The van der Waals surface area contributed by atoms with E-state index in [2.05, 4.69) is 5.10 Å². The molecule has 8 nitrogen and oxygen atoms in total. The maximum Gasteiger partial charge on any atom is 0.407 e. The van der Waals surface area contributed by atoms with Crippen LogP contribution in [-0.4, -0.2) is 43.4 Å². The van der Waals surface area contributed by atoms with Gasteiger partial charge in [0, 0.05) is 12.6 Å². The summed E-state index contributed by atoms with van der Waals surface area (Å²) >= 11 is 0. The number of likely N-dealkylation sites (tertiary alicyclic amines) is 1. The lowest BCUT2D eigenvalue weighted by molar-refractivity contribution is -0.385. The third kappa shape index (κ3) is 2.70. The molecule has 2 heterocycles. The first kappa shape index (κ1) is 15.3. The molecule has 21 heavy (non-hydrogen) atoms. The molecule has 116 valence electrons. The van der Waals surface area contributed by atoms with Crippen LogP contribution in [0.3, 0.4) is 0 Å². The molecule has 0 bridgehead atoms. The Hall–Kier alpha value is -2.12. The summed E-state index contributed by atoms with van der Waals surface area (Å²) in [5.74, 6) is 0. The van der Waals surface area contributed by atoms with E-state index in [0.29, 0.717) is 18.7 Å². The Kier molecular flexibility index (Phi) is 3.65. The Labute approximate surface area is 122 Å². The number of rotatable bonds is 2. The molecule has 1 amide bonds. The van der Waals surface area contributed by atoms with Crippen molar-refractivity contribution in [2.45, 2.75) is 46.2 Å². The minimum atomic E-state index is -0.961. The van der Waals surface area contributed by atoms with Gasteiger partial charge in [0.2, 0.25) is 0 Å². The molecule has 1 N–H and O–H groups in total. The normalized spacial score (nSPS) is 22.6. The van der Waals surface area contributed by atoms with Crippen molar-refractivity contribution in [3.63, 3.8) is 0 Å². The van der Waals surface area contributed by atoms with Crippen LogP contribution in [0.2, 0.25) is 0 Å². The summed E-state index contributed by atoms with van der Waals surface area (Å²) in [6.45, 7) is 7.93. The Morgan fingerprint density at radius 2 is 2.14 bits per heavy atom. The van der Waals surface area contributed by atoms with Gasteiger partial charge in [-0.2, -0.15) is 5.10 Å². The van der Waals surface area contributed by atoms with E-state index in [1.165, 1.54) is 11.1 Å². The van der Waals surface area contributed by atoms with Crippen LogP contribution in [0.5, 0.6) is 0 Å². The van der Waals surface area contributed by atoms with Crippen molar-refractivity contribution in [2.75, 3.05) is 6.54 Å². The summed E-state index contributed by atoms with van der Waals surface area (Å²) in [7, 11) is 0. The minimum Gasteiger partial charge on any atom is -0.465 e. The molecule has 0 radical (unpaired) electrons. The molecule has 1 aromatic rings. The van der Waals surface area contributed by atoms with E-state index in [1.54, 1.807) is 11.6 Å². The molecule has 0 saturated carbocycles. The van der Waals surface area contributed by atoms with Crippen molar-refractivity contribution < 1.29 is 14.8 Å². The lowest BCUT2D eigenvalue weighted by atomic mass is 9.85. The summed E-state index contributed by atoms with van der Waals surface area (Å²) in [5.41, 5.74) is 0.237. The lowest BCUT2D eigenvalue weighted by Gasteiger charge is -2.32. The highest BCUT2D eigenvalue weighted by molar-refractivity contribution is 5.66. The molecule has 1 aliphatic heterocycles. The maximum absolute atomic E-state index is 11.4. The summed E-state index contributed by atoms with van der Waals surface area (Å²) in [5, 5.41) is 24.3. The number of nitro groups is 1. The zero-order chi connectivity index (χ0) is 15.9. The number of carbonyl (C=O) groups is 1. The molecular weight excluding hydrogens is 276 g/mol. The van der Waals surface area contributed by atoms with Gasteiger partial charge in [0.15, 0.2) is 0 Å². The van der Waals surface area contributed by atoms with Gasteiger partial charge in [-0.3, -0.25) is 14.8 Å². The van der Waals surface area contributed by atoms with Crippen LogP contribution < -0.4 is 0 Å². The molecule has 1 aromatic heterocycles. The number of nitrogens with zero attached hydrogens (tertiary/aromatic N) is 4. The smallest absolute Gasteiger partial charge is 0.407 e. The molecule has 8 heteroatoms. The standard InChI is InChI=1S/C13H20N4O4/c1-8-10(17(20)21)6-14-16(8)9-5-11(13(2,3)4)15(7-9)12(18)19/h6,9,11H,5,7H2,1-4H3,(H,18,19). The van der Waals surface area contributed by atoms with Crippen LogP contribution in [0.25, 0.3) is 0 Å². The molecule has 1 saturated heterocycles. The van der Waals surface area contributed by atoms with Crippen molar-refractivity contribution in [1.82, 2.24) is 14.7 Å². The monoisotopic (exact) mass is 296 g/mol. The SMILES string of the molecule is Cc1c([N+](=O)[O-])cnn1C1CC(C(C)(C)C)N(C(=O)O)C1. The third-order valence-electron chi connectivity index (χ3n) is 4.09. The Morgan fingerprint density at radius 3 is 2.52 bits per heavy atom. The summed E-state index contributed by atoms with van der Waals surface area (Å²) in [4.78, 5) is 23.3. The van der Waals surface area contributed by atoms with Gasteiger partial charge in [-0.05, 0) is 18.8 Å². The number of hydrogen-bond donors (Lipinski definition) is 1. The molecule has 0 aliphatic carbocycles. The second-order valence-electron chi connectivity index (χ2n) is 6.52. The largest absolute Gasteiger partial charge is 0.465 e. The van der Waals surface area contributed by atoms with Gasteiger partial charge in [0.05, 0.1) is 11.0 Å². The lowest BCUT2D eigenvalue weighted by Crippen LogP contribution is -2.42. The Bertz CT molecular complexity index is 575.